The third kappa shape index (κ3) is 3.48. The fourth-order valence-corrected chi connectivity index (χ4v) is 2.36. The first-order chi connectivity index (χ1) is 9.35. The molecule has 1 N–H and O–H groups in total. The Morgan fingerprint density at radius 1 is 1.16 bits per heavy atom. The highest BCUT2D eigenvalue weighted by Gasteiger charge is 2.26. The molecule has 2 aliphatic rings. The molecule has 0 saturated heterocycles. The lowest BCUT2D eigenvalue weighted by molar-refractivity contribution is -0.0521. The average Bonchev–Trinajstić information content (AvgIpc) is 3.21. The summed E-state index contributed by atoms with van der Waals surface area (Å²) in [4.78, 5) is 0. The van der Waals surface area contributed by atoms with Gasteiger partial charge in [0.1, 0.15) is 5.75 Å². The predicted octanol–water partition coefficient (Wildman–Crippen LogP) is 3.06. The molecule has 19 heavy (non-hydrogen) atoms. The topological polar surface area (TPSA) is 30.5 Å². The molecule has 1 atom stereocenters. The third-order valence-electron chi connectivity index (χ3n) is 4.07. The van der Waals surface area contributed by atoms with Gasteiger partial charge in [-0.2, -0.15) is 0 Å². The van der Waals surface area contributed by atoms with Gasteiger partial charge in [-0.1, -0.05) is 12.1 Å². The molecular formula is C16H23NO2. The summed E-state index contributed by atoms with van der Waals surface area (Å²) in [5.41, 5.74) is 1.25. The summed E-state index contributed by atoms with van der Waals surface area (Å²) >= 11 is 0. The van der Waals surface area contributed by atoms with Crippen LogP contribution in [0.15, 0.2) is 24.3 Å². The van der Waals surface area contributed by atoms with Crippen molar-refractivity contribution >= 4 is 0 Å². The Kier molecular flexibility index (Phi) is 4.04. The van der Waals surface area contributed by atoms with Crippen LogP contribution in [0.4, 0.5) is 0 Å². The highest BCUT2D eigenvalue weighted by atomic mass is 16.5. The number of hydrogen-bond donors (Lipinski definition) is 1. The molecule has 0 heterocycles. The zero-order valence-electron chi connectivity index (χ0n) is 11.6. The molecule has 3 nitrogen and oxygen atoms in total. The second kappa shape index (κ2) is 5.93. The predicted molar refractivity (Wildman–Crippen MR) is 75.5 cm³/mol. The molecule has 0 radical (unpaired) electrons. The number of methoxy groups -OCH3 is 1. The molecule has 2 fully saturated rings. The van der Waals surface area contributed by atoms with Gasteiger partial charge < -0.3 is 14.8 Å². The van der Waals surface area contributed by atoms with Crippen molar-refractivity contribution in [1.82, 2.24) is 5.32 Å². The van der Waals surface area contributed by atoms with Gasteiger partial charge in [-0.3, -0.25) is 0 Å². The number of ether oxygens (including phenoxy) is 2. The summed E-state index contributed by atoms with van der Waals surface area (Å²) in [5.74, 6) is 0.904. The summed E-state index contributed by atoms with van der Waals surface area (Å²) < 4.78 is 11.4. The molecule has 1 unspecified atom stereocenters. The van der Waals surface area contributed by atoms with Crippen molar-refractivity contribution in [3.63, 3.8) is 0 Å². The van der Waals surface area contributed by atoms with Crippen molar-refractivity contribution in [2.24, 2.45) is 0 Å². The van der Waals surface area contributed by atoms with E-state index < -0.39 is 0 Å². The fourth-order valence-electron chi connectivity index (χ4n) is 2.36. The maximum absolute atomic E-state index is 6.22. The molecule has 1 aromatic rings. The lowest BCUT2D eigenvalue weighted by Crippen LogP contribution is -2.31. The maximum Gasteiger partial charge on any atom is 0.118 e. The number of nitrogens with one attached hydrogen (secondary N) is 1. The lowest BCUT2D eigenvalue weighted by atomic mass is 9.95. The van der Waals surface area contributed by atoms with E-state index in [0.717, 1.165) is 18.3 Å². The molecule has 3 heteroatoms. The van der Waals surface area contributed by atoms with E-state index in [1.807, 2.05) is 12.1 Å². The molecular weight excluding hydrogens is 238 g/mol. The van der Waals surface area contributed by atoms with E-state index in [-0.39, 0.29) is 6.10 Å². The Labute approximate surface area is 115 Å². The minimum Gasteiger partial charge on any atom is -0.497 e. The normalized spacial score (nSPS) is 20.9. The molecule has 0 amide bonds. The lowest BCUT2D eigenvalue weighted by Gasteiger charge is -2.31. The highest BCUT2D eigenvalue weighted by Crippen LogP contribution is 2.30. The number of benzene rings is 1. The largest absolute Gasteiger partial charge is 0.497 e. The van der Waals surface area contributed by atoms with Crippen LogP contribution in [0.25, 0.3) is 0 Å². The molecule has 0 bridgehead atoms. The van der Waals surface area contributed by atoms with Crippen LogP contribution in [-0.2, 0) is 4.74 Å². The van der Waals surface area contributed by atoms with Gasteiger partial charge in [0.2, 0.25) is 0 Å². The van der Waals surface area contributed by atoms with Gasteiger partial charge in [0.25, 0.3) is 0 Å². The van der Waals surface area contributed by atoms with Crippen LogP contribution in [0, 0.1) is 0 Å². The van der Waals surface area contributed by atoms with E-state index in [1.165, 1.54) is 37.7 Å². The Morgan fingerprint density at radius 3 is 2.42 bits per heavy atom. The van der Waals surface area contributed by atoms with E-state index in [4.69, 9.17) is 9.47 Å². The van der Waals surface area contributed by atoms with Crippen molar-refractivity contribution in [2.45, 2.75) is 50.4 Å². The Balaban J connectivity index is 1.63. The van der Waals surface area contributed by atoms with Gasteiger partial charge in [0.15, 0.2) is 0 Å². The molecule has 104 valence electrons. The van der Waals surface area contributed by atoms with Crippen molar-refractivity contribution in [1.29, 1.82) is 0 Å². The van der Waals surface area contributed by atoms with E-state index in [9.17, 15) is 0 Å². The van der Waals surface area contributed by atoms with E-state index in [0.29, 0.717) is 6.10 Å². The van der Waals surface area contributed by atoms with Crippen LogP contribution in [0.1, 0.15) is 43.8 Å². The van der Waals surface area contributed by atoms with Crippen LogP contribution >= 0.6 is 0 Å². The van der Waals surface area contributed by atoms with Crippen LogP contribution in [0.2, 0.25) is 0 Å². The minimum absolute atomic E-state index is 0.178. The summed E-state index contributed by atoms with van der Waals surface area (Å²) in [6, 6.07) is 9.01. The van der Waals surface area contributed by atoms with Crippen LogP contribution < -0.4 is 10.1 Å². The van der Waals surface area contributed by atoms with E-state index in [1.54, 1.807) is 7.11 Å². The maximum atomic E-state index is 6.22. The molecule has 0 spiro atoms. The Hall–Kier alpha value is -1.06. The summed E-state index contributed by atoms with van der Waals surface area (Å²) in [6.45, 7) is 0.924. The molecule has 0 aliphatic heterocycles. The Bertz CT molecular complexity index is 396. The second-order valence-electron chi connectivity index (χ2n) is 5.63. The molecule has 0 aromatic heterocycles. The molecule has 2 aliphatic carbocycles. The van der Waals surface area contributed by atoms with Crippen molar-refractivity contribution in [2.75, 3.05) is 13.7 Å². The minimum atomic E-state index is 0.178. The molecule has 3 rings (SSSR count). The van der Waals surface area contributed by atoms with Gasteiger partial charge in [-0.25, -0.2) is 0 Å². The monoisotopic (exact) mass is 261 g/mol. The average molecular weight is 261 g/mol. The van der Waals surface area contributed by atoms with Gasteiger partial charge in [-0.15, -0.1) is 0 Å². The van der Waals surface area contributed by atoms with Crippen molar-refractivity contribution in [3.8, 4) is 5.75 Å². The van der Waals surface area contributed by atoms with Crippen LogP contribution in [0.3, 0.4) is 0 Å². The summed E-state index contributed by atoms with van der Waals surface area (Å²) in [6.07, 6.45) is 7.03. The van der Waals surface area contributed by atoms with Gasteiger partial charge in [0, 0.05) is 12.6 Å². The fraction of sp³-hybridized carbons (Fsp3) is 0.625. The van der Waals surface area contributed by atoms with Crippen LogP contribution in [0.5, 0.6) is 5.75 Å². The van der Waals surface area contributed by atoms with Crippen LogP contribution in [-0.4, -0.2) is 25.8 Å². The third-order valence-corrected chi connectivity index (χ3v) is 4.07. The number of rotatable bonds is 7. The van der Waals surface area contributed by atoms with Gasteiger partial charge in [0.05, 0.1) is 19.3 Å². The second-order valence-corrected chi connectivity index (χ2v) is 5.63. The highest BCUT2D eigenvalue weighted by molar-refractivity contribution is 5.28. The van der Waals surface area contributed by atoms with Crippen molar-refractivity contribution < 1.29 is 9.47 Å². The zero-order valence-corrected chi connectivity index (χ0v) is 11.6. The summed E-state index contributed by atoms with van der Waals surface area (Å²) in [5, 5.41) is 3.58. The number of hydrogen-bond acceptors (Lipinski definition) is 3. The standard InChI is InChI=1S/C16H23NO2/c1-18-14-9-5-12(6-10-14)16(11-17-13-7-8-13)19-15-3-2-4-15/h5-6,9-10,13,15-17H,2-4,7-8,11H2,1H3. The summed E-state index contributed by atoms with van der Waals surface area (Å²) in [7, 11) is 1.70. The van der Waals surface area contributed by atoms with Gasteiger partial charge in [-0.05, 0) is 49.8 Å². The quantitative estimate of drug-likeness (QED) is 0.818. The van der Waals surface area contributed by atoms with Crippen molar-refractivity contribution in [3.05, 3.63) is 29.8 Å². The molecule has 1 aromatic carbocycles. The van der Waals surface area contributed by atoms with E-state index >= 15 is 0 Å². The zero-order chi connectivity index (χ0) is 13.1. The first-order valence-corrected chi connectivity index (χ1v) is 7.38. The first-order valence-electron chi connectivity index (χ1n) is 7.38. The first kappa shape index (κ1) is 12.9. The van der Waals surface area contributed by atoms with Gasteiger partial charge >= 0.3 is 0 Å². The Morgan fingerprint density at radius 2 is 1.89 bits per heavy atom. The smallest absolute Gasteiger partial charge is 0.118 e. The van der Waals surface area contributed by atoms with E-state index in [2.05, 4.69) is 17.4 Å². The SMILES string of the molecule is COc1ccc(C(CNC2CC2)OC2CCC2)cc1. The molecule has 2 saturated carbocycles.